The van der Waals surface area contributed by atoms with Crippen molar-refractivity contribution >= 4 is 5.69 Å². The van der Waals surface area contributed by atoms with Crippen LogP contribution < -0.4 is 9.80 Å². The summed E-state index contributed by atoms with van der Waals surface area (Å²) in [6.45, 7) is 7.70. The molecule has 0 bridgehead atoms. The van der Waals surface area contributed by atoms with Gasteiger partial charge in [-0.15, -0.1) is 0 Å². The maximum Gasteiger partial charge on any atom is 0.269 e. The number of nitrogens with one attached hydrogen (secondary N) is 2. The summed E-state index contributed by atoms with van der Waals surface area (Å²) in [4.78, 5) is 13.8. The minimum absolute atomic E-state index is 0.196. The van der Waals surface area contributed by atoms with Crippen LogP contribution in [0.5, 0.6) is 0 Å². The zero-order valence-electron chi connectivity index (χ0n) is 15.5. The van der Waals surface area contributed by atoms with Crippen LogP contribution in [0.3, 0.4) is 0 Å². The molecule has 26 heavy (non-hydrogen) atoms. The Balaban J connectivity index is 1.53. The van der Waals surface area contributed by atoms with Crippen LogP contribution in [-0.4, -0.2) is 30.6 Å². The predicted octanol–water partition coefficient (Wildman–Crippen LogP) is 1.25. The molecule has 5 heteroatoms. The first-order valence-corrected chi connectivity index (χ1v) is 9.61. The van der Waals surface area contributed by atoms with Gasteiger partial charge in [0.2, 0.25) is 0 Å². The third kappa shape index (κ3) is 4.90. The molecule has 1 saturated heterocycles. The second kappa shape index (κ2) is 8.92. The molecule has 0 saturated carbocycles. The lowest BCUT2D eigenvalue weighted by Gasteiger charge is -2.34. The van der Waals surface area contributed by atoms with E-state index in [9.17, 15) is 10.1 Å². The number of quaternary nitrogens is 2. The fraction of sp³-hybridized carbons (Fsp3) is 0.429. The van der Waals surface area contributed by atoms with E-state index in [1.54, 1.807) is 23.1 Å². The maximum absolute atomic E-state index is 10.9. The molecule has 1 heterocycles. The molecule has 1 atom stereocenters. The second-order valence-corrected chi connectivity index (χ2v) is 7.30. The topological polar surface area (TPSA) is 52.0 Å². The van der Waals surface area contributed by atoms with Gasteiger partial charge < -0.3 is 9.80 Å². The highest BCUT2D eigenvalue weighted by molar-refractivity contribution is 5.33. The summed E-state index contributed by atoms with van der Waals surface area (Å²) >= 11 is 0. The Morgan fingerprint density at radius 3 is 2.42 bits per heavy atom. The van der Waals surface area contributed by atoms with Crippen molar-refractivity contribution in [2.24, 2.45) is 0 Å². The number of nitrogens with zero attached hydrogens (tertiary/aromatic N) is 1. The van der Waals surface area contributed by atoms with Crippen LogP contribution in [-0.2, 0) is 13.1 Å². The van der Waals surface area contributed by atoms with Crippen LogP contribution in [0.15, 0.2) is 54.6 Å². The first-order chi connectivity index (χ1) is 12.7. The van der Waals surface area contributed by atoms with E-state index in [0.717, 1.165) is 38.3 Å². The molecule has 3 rings (SSSR count). The first-order valence-electron chi connectivity index (χ1n) is 9.61. The molecular formula is C21H29N3O2+2. The van der Waals surface area contributed by atoms with Gasteiger partial charge in [-0.3, -0.25) is 10.1 Å². The summed E-state index contributed by atoms with van der Waals surface area (Å²) in [5.74, 6) is 0. The maximum atomic E-state index is 10.9. The average molecular weight is 355 g/mol. The molecule has 0 aromatic heterocycles. The summed E-state index contributed by atoms with van der Waals surface area (Å²) < 4.78 is 0. The molecule has 1 aliphatic heterocycles. The van der Waals surface area contributed by atoms with Gasteiger partial charge in [0.05, 0.1) is 30.6 Å². The van der Waals surface area contributed by atoms with E-state index in [4.69, 9.17) is 0 Å². The van der Waals surface area contributed by atoms with Gasteiger partial charge in [0.15, 0.2) is 0 Å². The quantitative estimate of drug-likeness (QED) is 0.580. The molecule has 0 spiro atoms. The van der Waals surface area contributed by atoms with Crippen molar-refractivity contribution in [1.82, 2.24) is 0 Å². The number of rotatable bonds is 7. The molecule has 138 valence electrons. The van der Waals surface area contributed by atoms with Crippen LogP contribution in [0.25, 0.3) is 0 Å². The third-order valence-corrected chi connectivity index (χ3v) is 5.57. The van der Waals surface area contributed by atoms with E-state index < -0.39 is 0 Å². The van der Waals surface area contributed by atoms with Crippen LogP contribution in [0.2, 0.25) is 0 Å². The molecule has 5 nitrogen and oxygen atoms in total. The van der Waals surface area contributed by atoms with Gasteiger partial charge >= 0.3 is 0 Å². The monoisotopic (exact) mass is 355 g/mol. The molecule has 0 amide bonds. The number of non-ortho nitro benzene ring substituents is 1. The zero-order chi connectivity index (χ0) is 18.4. The molecule has 0 radical (unpaired) electrons. The fourth-order valence-electron chi connectivity index (χ4n) is 4.10. The van der Waals surface area contributed by atoms with E-state index in [2.05, 4.69) is 37.3 Å². The average Bonchev–Trinajstić information content (AvgIpc) is 2.68. The van der Waals surface area contributed by atoms with Crippen molar-refractivity contribution in [1.29, 1.82) is 0 Å². The van der Waals surface area contributed by atoms with Gasteiger partial charge in [0.25, 0.3) is 5.69 Å². The summed E-state index contributed by atoms with van der Waals surface area (Å²) in [7, 11) is 0. The molecule has 1 aliphatic rings. The van der Waals surface area contributed by atoms with E-state index in [1.807, 2.05) is 6.07 Å². The summed E-state index contributed by atoms with van der Waals surface area (Å²) in [6.07, 6.45) is 2.44. The van der Waals surface area contributed by atoms with Crippen LogP contribution >= 0.6 is 0 Å². The number of nitro benzene ring substituents is 1. The standard InChI is InChI=1S/C21H27N3O2/c1-2-23(17-18-7-4-3-5-8-18)20-11-13-22(14-12-20)16-19-9-6-10-21(15-19)24(25)26/h3-10,15,20H,2,11-14,16-17H2,1H3/p+2. The summed E-state index contributed by atoms with van der Waals surface area (Å²) in [5, 5.41) is 10.9. The highest BCUT2D eigenvalue weighted by atomic mass is 16.6. The fourth-order valence-corrected chi connectivity index (χ4v) is 4.10. The number of hydrogen-bond acceptors (Lipinski definition) is 2. The van der Waals surface area contributed by atoms with Crippen molar-refractivity contribution in [2.45, 2.75) is 38.9 Å². The lowest BCUT2D eigenvalue weighted by molar-refractivity contribution is -0.969. The largest absolute Gasteiger partial charge is 0.331 e. The lowest BCUT2D eigenvalue weighted by Crippen LogP contribution is -3.19. The van der Waals surface area contributed by atoms with Crippen molar-refractivity contribution in [3.8, 4) is 0 Å². The van der Waals surface area contributed by atoms with Gasteiger partial charge in [-0.05, 0) is 6.92 Å². The highest BCUT2D eigenvalue weighted by Crippen LogP contribution is 2.12. The van der Waals surface area contributed by atoms with Gasteiger partial charge in [-0.2, -0.15) is 0 Å². The Labute approximate surface area is 155 Å². The van der Waals surface area contributed by atoms with Gasteiger partial charge in [-0.1, -0.05) is 42.5 Å². The molecular weight excluding hydrogens is 326 g/mol. The summed E-state index contributed by atoms with van der Waals surface area (Å²) in [6, 6.07) is 18.6. The lowest BCUT2D eigenvalue weighted by atomic mass is 10.0. The van der Waals surface area contributed by atoms with E-state index in [0.29, 0.717) is 6.04 Å². The highest BCUT2D eigenvalue weighted by Gasteiger charge is 2.29. The van der Waals surface area contributed by atoms with Crippen molar-refractivity contribution < 1.29 is 14.7 Å². The SMILES string of the molecule is CC[NH+](Cc1ccccc1)C1CC[NH+](Cc2cccc([N+](=O)[O-])c2)CC1. The van der Waals surface area contributed by atoms with Gasteiger partial charge in [0, 0.05) is 36.1 Å². The van der Waals surface area contributed by atoms with Crippen LogP contribution in [0.1, 0.15) is 30.9 Å². The van der Waals surface area contributed by atoms with Crippen LogP contribution in [0.4, 0.5) is 5.69 Å². The van der Waals surface area contributed by atoms with Gasteiger partial charge in [0.1, 0.15) is 13.1 Å². The minimum atomic E-state index is -0.308. The summed E-state index contributed by atoms with van der Waals surface area (Å²) in [5.41, 5.74) is 2.67. The number of piperidine rings is 1. The third-order valence-electron chi connectivity index (χ3n) is 5.57. The van der Waals surface area contributed by atoms with E-state index in [-0.39, 0.29) is 10.6 Å². The van der Waals surface area contributed by atoms with E-state index >= 15 is 0 Å². The molecule has 2 aromatic rings. The first kappa shape index (κ1) is 18.5. The number of hydrogen-bond donors (Lipinski definition) is 2. The Kier molecular flexibility index (Phi) is 6.36. The van der Waals surface area contributed by atoms with E-state index in [1.165, 1.54) is 23.3 Å². The zero-order valence-corrected chi connectivity index (χ0v) is 15.5. The van der Waals surface area contributed by atoms with Gasteiger partial charge in [-0.25, -0.2) is 0 Å². The molecule has 2 N–H and O–H groups in total. The Morgan fingerprint density at radius 1 is 1.08 bits per heavy atom. The number of likely N-dealkylation sites (tertiary alicyclic amines) is 1. The Morgan fingerprint density at radius 2 is 1.77 bits per heavy atom. The Bertz CT molecular complexity index is 712. The van der Waals surface area contributed by atoms with Crippen molar-refractivity contribution in [3.05, 3.63) is 75.8 Å². The normalized spacial score (nSPS) is 21.3. The predicted molar refractivity (Wildman–Crippen MR) is 102 cm³/mol. The molecule has 1 unspecified atom stereocenters. The molecule has 0 aliphatic carbocycles. The minimum Gasteiger partial charge on any atom is -0.331 e. The number of nitro groups is 1. The van der Waals surface area contributed by atoms with Crippen molar-refractivity contribution in [2.75, 3.05) is 19.6 Å². The van der Waals surface area contributed by atoms with Crippen LogP contribution in [0, 0.1) is 10.1 Å². The smallest absolute Gasteiger partial charge is 0.269 e. The molecule has 1 fully saturated rings. The Hall–Kier alpha value is -2.24. The second-order valence-electron chi connectivity index (χ2n) is 7.30. The van der Waals surface area contributed by atoms with Crippen molar-refractivity contribution in [3.63, 3.8) is 0 Å². The molecule has 2 aromatic carbocycles. The number of benzene rings is 2.